The molecule has 0 radical (unpaired) electrons. The molecule has 1 amide bonds. The molecule has 21 heavy (non-hydrogen) atoms. The van der Waals surface area contributed by atoms with Crippen molar-refractivity contribution < 1.29 is 23.6 Å². The molecule has 0 aliphatic heterocycles. The Morgan fingerprint density at radius 3 is 2.57 bits per heavy atom. The number of benzene rings is 1. The molecule has 1 aromatic rings. The van der Waals surface area contributed by atoms with Crippen LogP contribution < -0.4 is 5.32 Å². The Labute approximate surface area is 118 Å². The minimum atomic E-state index is -1.52. The SMILES string of the molecule is O=C(NCC1(O)CCCC1)c1c(F)ccc([N+](=O)[O-])c1F. The van der Waals surface area contributed by atoms with E-state index in [1.807, 2.05) is 0 Å². The van der Waals surface area contributed by atoms with Gasteiger partial charge in [0.25, 0.3) is 5.91 Å². The van der Waals surface area contributed by atoms with E-state index in [4.69, 9.17) is 0 Å². The first-order valence-corrected chi connectivity index (χ1v) is 6.47. The predicted molar refractivity (Wildman–Crippen MR) is 68.8 cm³/mol. The Morgan fingerprint density at radius 2 is 2.00 bits per heavy atom. The second-order valence-electron chi connectivity index (χ2n) is 5.13. The maximum Gasteiger partial charge on any atom is 0.305 e. The fourth-order valence-corrected chi connectivity index (χ4v) is 2.43. The molecule has 114 valence electrons. The first-order valence-electron chi connectivity index (χ1n) is 6.47. The molecule has 2 rings (SSSR count). The number of nitrogens with zero attached hydrogens (tertiary/aromatic N) is 1. The molecule has 0 unspecified atom stereocenters. The highest BCUT2D eigenvalue weighted by Gasteiger charge is 2.33. The fourth-order valence-electron chi connectivity index (χ4n) is 2.43. The van der Waals surface area contributed by atoms with Crippen LogP contribution in [0.2, 0.25) is 0 Å². The standard InChI is InChI=1S/C13H14F2N2O4/c14-8-3-4-9(17(20)21)11(15)10(8)12(18)16-7-13(19)5-1-2-6-13/h3-4,19H,1-2,5-7H2,(H,16,18). The van der Waals surface area contributed by atoms with Crippen molar-refractivity contribution in [2.45, 2.75) is 31.3 Å². The number of aliphatic hydroxyl groups is 1. The van der Waals surface area contributed by atoms with Gasteiger partial charge in [-0.25, -0.2) is 4.39 Å². The third-order valence-electron chi connectivity index (χ3n) is 3.61. The molecule has 1 aliphatic carbocycles. The molecule has 1 fully saturated rings. The Morgan fingerprint density at radius 1 is 1.38 bits per heavy atom. The summed E-state index contributed by atoms with van der Waals surface area (Å²) >= 11 is 0. The topological polar surface area (TPSA) is 92.5 Å². The van der Waals surface area contributed by atoms with Crippen LogP contribution in [0.4, 0.5) is 14.5 Å². The summed E-state index contributed by atoms with van der Waals surface area (Å²) < 4.78 is 27.4. The van der Waals surface area contributed by atoms with Gasteiger partial charge in [-0.3, -0.25) is 14.9 Å². The molecule has 1 saturated carbocycles. The smallest absolute Gasteiger partial charge is 0.305 e. The molecular weight excluding hydrogens is 286 g/mol. The van der Waals surface area contributed by atoms with E-state index in [0.29, 0.717) is 25.0 Å². The highest BCUT2D eigenvalue weighted by molar-refractivity contribution is 5.95. The van der Waals surface area contributed by atoms with E-state index in [-0.39, 0.29) is 6.54 Å². The van der Waals surface area contributed by atoms with Crippen LogP contribution in [0.1, 0.15) is 36.0 Å². The van der Waals surface area contributed by atoms with Crippen LogP contribution in [0.3, 0.4) is 0 Å². The normalized spacial score (nSPS) is 16.7. The van der Waals surface area contributed by atoms with Crippen LogP contribution in [0.25, 0.3) is 0 Å². The van der Waals surface area contributed by atoms with Crippen LogP contribution in [0, 0.1) is 21.7 Å². The lowest BCUT2D eigenvalue weighted by Crippen LogP contribution is -2.41. The minimum Gasteiger partial charge on any atom is -0.388 e. The average molecular weight is 300 g/mol. The van der Waals surface area contributed by atoms with Crippen molar-refractivity contribution >= 4 is 11.6 Å². The lowest BCUT2D eigenvalue weighted by atomic mass is 10.0. The zero-order chi connectivity index (χ0) is 15.6. The number of carbonyl (C=O) groups excluding carboxylic acids is 1. The van der Waals surface area contributed by atoms with E-state index >= 15 is 0 Å². The predicted octanol–water partition coefficient (Wildman–Crippen LogP) is 1.91. The van der Waals surface area contributed by atoms with Crippen LogP contribution in [-0.4, -0.2) is 28.1 Å². The Kier molecular flexibility index (Phi) is 4.17. The van der Waals surface area contributed by atoms with Gasteiger partial charge in [-0.2, -0.15) is 4.39 Å². The van der Waals surface area contributed by atoms with Gasteiger partial charge in [0.1, 0.15) is 11.4 Å². The molecule has 0 spiro atoms. The zero-order valence-corrected chi connectivity index (χ0v) is 11.1. The summed E-state index contributed by atoms with van der Waals surface area (Å²) in [5, 5.41) is 22.9. The monoisotopic (exact) mass is 300 g/mol. The van der Waals surface area contributed by atoms with Gasteiger partial charge >= 0.3 is 5.69 Å². The fraction of sp³-hybridized carbons (Fsp3) is 0.462. The van der Waals surface area contributed by atoms with Gasteiger partial charge in [0.2, 0.25) is 5.82 Å². The molecule has 6 nitrogen and oxygen atoms in total. The Hall–Kier alpha value is -2.09. The van der Waals surface area contributed by atoms with Crippen molar-refractivity contribution in [2.75, 3.05) is 6.54 Å². The number of hydrogen-bond acceptors (Lipinski definition) is 4. The quantitative estimate of drug-likeness (QED) is 0.656. The van der Waals surface area contributed by atoms with Gasteiger partial charge in [-0.15, -0.1) is 0 Å². The maximum atomic E-state index is 13.8. The molecule has 0 atom stereocenters. The lowest BCUT2D eigenvalue weighted by molar-refractivity contribution is -0.387. The highest BCUT2D eigenvalue weighted by Crippen LogP contribution is 2.29. The lowest BCUT2D eigenvalue weighted by Gasteiger charge is -2.22. The van der Waals surface area contributed by atoms with E-state index in [1.54, 1.807) is 0 Å². The molecule has 1 aliphatic rings. The van der Waals surface area contributed by atoms with Gasteiger partial charge in [0, 0.05) is 12.6 Å². The zero-order valence-electron chi connectivity index (χ0n) is 11.1. The van der Waals surface area contributed by atoms with Crippen LogP contribution in [0.15, 0.2) is 12.1 Å². The number of carbonyl (C=O) groups is 1. The number of halogens is 2. The number of nitrogens with one attached hydrogen (secondary N) is 1. The molecular formula is C13H14F2N2O4. The minimum absolute atomic E-state index is 0.145. The highest BCUT2D eigenvalue weighted by atomic mass is 19.1. The van der Waals surface area contributed by atoms with Crippen LogP contribution >= 0.6 is 0 Å². The Bertz CT molecular complexity index is 586. The molecule has 2 N–H and O–H groups in total. The second kappa shape index (κ2) is 5.72. The molecule has 0 aromatic heterocycles. The average Bonchev–Trinajstić information content (AvgIpc) is 2.83. The van der Waals surface area contributed by atoms with Crippen molar-refractivity contribution in [3.05, 3.63) is 39.4 Å². The van der Waals surface area contributed by atoms with Gasteiger partial charge < -0.3 is 10.4 Å². The number of nitro benzene ring substituents is 1. The van der Waals surface area contributed by atoms with E-state index < -0.39 is 39.3 Å². The van der Waals surface area contributed by atoms with Crippen LogP contribution in [-0.2, 0) is 0 Å². The first-order chi connectivity index (χ1) is 9.84. The molecule has 0 saturated heterocycles. The van der Waals surface area contributed by atoms with Gasteiger partial charge in [-0.05, 0) is 18.9 Å². The summed E-state index contributed by atoms with van der Waals surface area (Å²) in [6, 6.07) is 1.33. The van der Waals surface area contributed by atoms with Crippen LogP contribution in [0.5, 0.6) is 0 Å². The van der Waals surface area contributed by atoms with Crippen molar-refractivity contribution in [2.24, 2.45) is 0 Å². The van der Waals surface area contributed by atoms with E-state index in [1.165, 1.54) is 0 Å². The summed E-state index contributed by atoms with van der Waals surface area (Å²) in [6.45, 7) is -0.145. The Balaban J connectivity index is 2.19. The summed E-state index contributed by atoms with van der Waals surface area (Å²) in [4.78, 5) is 21.4. The van der Waals surface area contributed by atoms with E-state index in [2.05, 4.69) is 5.32 Å². The number of hydrogen-bond donors (Lipinski definition) is 2. The van der Waals surface area contributed by atoms with E-state index in [9.17, 15) is 28.8 Å². The second-order valence-corrected chi connectivity index (χ2v) is 5.13. The number of amides is 1. The summed E-state index contributed by atoms with van der Waals surface area (Å²) in [7, 11) is 0. The number of nitro groups is 1. The van der Waals surface area contributed by atoms with Gasteiger partial charge in [0.05, 0.1) is 10.5 Å². The summed E-state index contributed by atoms with van der Waals surface area (Å²) in [5.74, 6) is -3.82. The van der Waals surface area contributed by atoms with Gasteiger partial charge in [0.15, 0.2) is 0 Å². The summed E-state index contributed by atoms with van der Waals surface area (Å²) in [5.41, 5.74) is -3.06. The number of rotatable bonds is 4. The van der Waals surface area contributed by atoms with Crippen molar-refractivity contribution in [3.63, 3.8) is 0 Å². The third kappa shape index (κ3) is 3.15. The molecule has 0 bridgehead atoms. The third-order valence-corrected chi connectivity index (χ3v) is 3.61. The van der Waals surface area contributed by atoms with Gasteiger partial charge in [-0.1, -0.05) is 12.8 Å². The maximum absolute atomic E-state index is 13.8. The van der Waals surface area contributed by atoms with Crippen molar-refractivity contribution in [3.8, 4) is 0 Å². The largest absolute Gasteiger partial charge is 0.388 e. The molecule has 0 heterocycles. The first kappa shape index (κ1) is 15.3. The van der Waals surface area contributed by atoms with E-state index in [0.717, 1.165) is 12.8 Å². The van der Waals surface area contributed by atoms with Crippen molar-refractivity contribution in [1.29, 1.82) is 0 Å². The molecule has 8 heteroatoms. The summed E-state index contributed by atoms with van der Waals surface area (Å²) in [6.07, 6.45) is 2.61. The molecule has 1 aromatic carbocycles. The van der Waals surface area contributed by atoms with Crippen molar-refractivity contribution in [1.82, 2.24) is 5.32 Å².